The molecule has 1 fully saturated rings. The van der Waals surface area contributed by atoms with Gasteiger partial charge in [-0.2, -0.15) is 0 Å². The van der Waals surface area contributed by atoms with E-state index in [2.05, 4.69) is 9.97 Å². The Labute approximate surface area is 106 Å². The van der Waals surface area contributed by atoms with E-state index in [9.17, 15) is 9.59 Å². The fourth-order valence-electron chi connectivity index (χ4n) is 2.49. The molecule has 0 N–H and O–H groups in total. The zero-order valence-electron chi connectivity index (χ0n) is 10.5. The van der Waals surface area contributed by atoms with Gasteiger partial charge in [-0.3, -0.25) is 4.79 Å². The Bertz CT molecular complexity index is 414. The third kappa shape index (κ3) is 2.72. The minimum Gasteiger partial charge on any atom is -0.343 e. The van der Waals surface area contributed by atoms with Gasteiger partial charge in [0.2, 0.25) is 5.91 Å². The number of aldehydes is 1. The van der Waals surface area contributed by atoms with E-state index in [1.54, 1.807) is 19.2 Å². The van der Waals surface area contributed by atoms with Crippen LogP contribution in [0.1, 0.15) is 31.4 Å². The van der Waals surface area contributed by atoms with Crippen LogP contribution in [0.3, 0.4) is 0 Å². The number of piperidine rings is 1. The molecule has 2 heterocycles. The standard InChI is InChI=1S/C13H17N3O2/c1-10(18)16-6-3-11(4-7-16)12(8-17)13-2-5-14-9-15-13/h2,5,8-9,11-12H,3-4,6-7H2,1H3. The van der Waals surface area contributed by atoms with E-state index in [-0.39, 0.29) is 17.7 Å². The van der Waals surface area contributed by atoms with E-state index in [1.807, 2.05) is 4.90 Å². The smallest absolute Gasteiger partial charge is 0.219 e. The Balaban J connectivity index is 2.03. The highest BCUT2D eigenvalue weighted by Crippen LogP contribution is 2.30. The highest BCUT2D eigenvalue weighted by Gasteiger charge is 2.28. The van der Waals surface area contributed by atoms with E-state index in [0.29, 0.717) is 0 Å². The van der Waals surface area contributed by atoms with Crippen LogP contribution < -0.4 is 0 Å². The van der Waals surface area contributed by atoms with Gasteiger partial charge in [-0.05, 0) is 24.8 Å². The summed E-state index contributed by atoms with van der Waals surface area (Å²) in [5, 5.41) is 0. The molecule has 5 heteroatoms. The average molecular weight is 247 g/mol. The van der Waals surface area contributed by atoms with Crippen LogP contribution >= 0.6 is 0 Å². The zero-order valence-corrected chi connectivity index (χ0v) is 10.5. The number of carbonyl (C=O) groups is 2. The topological polar surface area (TPSA) is 63.2 Å². The first-order valence-electron chi connectivity index (χ1n) is 6.19. The molecule has 1 atom stereocenters. The number of rotatable bonds is 3. The first-order valence-corrected chi connectivity index (χ1v) is 6.19. The number of aromatic nitrogens is 2. The number of nitrogens with zero attached hydrogens (tertiary/aromatic N) is 3. The summed E-state index contributed by atoms with van der Waals surface area (Å²) < 4.78 is 0. The van der Waals surface area contributed by atoms with Gasteiger partial charge in [-0.1, -0.05) is 0 Å². The maximum atomic E-state index is 11.3. The highest BCUT2D eigenvalue weighted by molar-refractivity contribution is 5.73. The van der Waals surface area contributed by atoms with Crippen LogP contribution in [0.2, 0.25) is 0 Å². The average Bonchev–Trinajstić information content (AvgIpc) is 2.41. The molecule has 1 saturated heterocycles. The molecule has 18 heavy (non-hydrogen) atoms. The van der Waals surface area contributed by atoms with Crippen molar-refractivity contribution in [2.75, 3.05) is 13.1 Å². The molecule has 2 rings (SSSR count). The second kappa shape index (κ2) is 5.71. The van der Waals surface area contributed by atoms with Crippen LogP contribution in [0, 0.1) is 5.92 Å². The molecule has 0 radical (unpaired) electrons. The number of hydrogen-bond donors (Lipinski definition) is 0. The number of hydrogen-bond acceptors (Lipinski definition) is 4. The van der Waals surface area contributed by atoms with Gasteiger partial charge in [-0.15, -0.1) is 0 Å². The number of carbonyl (C=O) groups excluding carboxylic acids is 2. The summed E-state index contributed by atoms with van der Waals surface area (Å²) in [4.78, 5) is 32.4. The van der Waals surface area contributed by atoms with Gasteiger partial charge in [-0.25, -0.2) is 9.97 Å². The lowest BCUT2D eigenvalue weighted by Gasteiger charge is -2.33. The molecule has 1 aliphatic heterocycles. The van der Waals surface area contributed by atoms with E-state index < -0.39 is 0 Å². The van der Waals surface area contributed by atoms with Gasteiger partial charge < -0.3 is 9.69 Å². The van der Waals surface area contributed by atoms with E-state index >= 15 is 0 Å². The number of amides is 1. The van der Waals surface area contributed by atoms with Crippen molar-refractivity contribution in [3.63, 3.8) is 0 Å². The molecule has 96 valence electrons. The van der Waals surface area contributed by atoms with Crippen molar-refractivity contribution in [3.8, 4) is 0 Å². The summed E-state index contributed by atoms with van der Waals surface area (Å²) in [7, 11) is 0. The lowest BCUT2D eigenvalue weighted by molar-refractivity contribution is -0.130. The summed E-state index contributed by atoms with van der Waals surface area (Å²) >= 11 is 0. The SMILES string of the molecule is CC(=O)N1CCC(C(C=O)c2ccncn2)CC1. The third-order valence-electron chi connectivity index (χ3n) is 3.59. The van der Waals surface area contributed by atoms with E-state index in [0.717, 1.165) is 37.9 Å². The Morgan fingerprint density at radius 1 is 1.50 bits per heavy atom. The monoisotopic (exact) mass is 247 g/mol. The van der Waals surface area contributed by atoms with Crippen LogP contribution in [0.15, 0.2) is 18.6 Å². The quantitative estimate of drug-likeness (QED) is 0.748. The van der Waals surface area contributed by atoms with Crippen molar-refractivity contribution in [3.05, 3.63) is 24.3 Å². The van der Waals surface area contributed by atoms with Crippen molar-refractivity contribution >= 4 is 12.2 Å². The largest absolute Gasteiger partial charge is 0.343 e. The first-order chi connectivity index (χ1) is 8.72. The molecule has 0 saturated carbocycles. The molecule has 0 bridgehead atoms. The van der Waals surface area contributed by atoms with Gasteiger partial charge >= 0.3 is 0 Å². The maximum absolute atomic E-state index is 11.3. The predicted molar refractivity (Wildman–Crippen MR) is 65.8 cm³/mol. The summed E-state index contributed by atoms with van der Waals surface area (Å²) in [6, 6.07) is 1.79. The second-order valence-corrected chi connectivity index (χ2v) is 4.64. The molecule has 1 unspecified atom stereocenters. The van der Waals surface area contributed by atoms with Crippen LogP contribution in [-0.2, 0) is 9.59 Å². The zero-order chi connectivity index (χ0) is 13.0. The molecular formula is C13H17N3O2. The summed E-state index contributed by atoms with van der Waals surface area (Å²) in [5.74, 6) is 0.202. The predicted octanol–water partition coefficient (Wildman–Crippen LogP) is 1.02. The van der Waals surface area contributed by atoms with Crippen LogP contribution in [0.5, 0.6) is 0 Å². The van der Waals surface area contributed by atoms with Gasteiger partial charge in [0.15, 0.2) is 0 Å². The van der Waals surface area contributed by atoms with Crippen molar-refractivity contribution < 1.29 is 9.59 Å². The lowest BCUT2D eigenvalue weighted by atomic mass is 9.83. The second-order valence-electron chi connectivity index (χ2n) is 4.64. The summed E-state index contributed by atoms with van der Waals surface area (Å²) in [6.07, 6.45) is 5.80. The summed E-state index contributed by atoms with van der Waals surface area (Å²) in [5.41, 5.74) is 0.779. The fraction of sp³-hybridized carbons (Fsp3) is 0.538. The minimum atomic E-state index is -0.179. The Kier molecular flexibility index (Phi) is 4.02. The van der Waals surface area contributed by atoms with E-state index in [4.69, 9.17) is 0 Å². The fourth-order valence-corrected chi connectivity index (χ4v) is 2.49. The van der Waals surface area contributed by atoms with Gasteiger partial charge in [0.1, 0.15) is 12.6 Å². The normalized spacial score (nSPS) is 18.4. The molecule has 1 aromatic heterocycles. The molecule has 0 aromatic carbocycles. The Morgan fingerprint density at radius 3 is 2.72 bits per heavy atom. The van der Waals surface area contributed by atoms with Crippen molar-refractivity contribution in [2.45, 2.75) is 25.7 Å². The Hall–Kier alpha value is -1.78. The van der Waals surface area contributed by atoms with Crippen molar-refractivity contribution in [1.82, 2.24) is 14.9 Å². The Morgan fingerprint density at radius 2 is 2.22 bits per heavy atom. The first kappa shape index (κ1) is 12.7. The minimum absolute atomic E-state index is 0.109. The number of likely N-dealkylation sites (tertiary alicyclic amines) is 1. The molecule has 1 amide bonds. The molecule has 0 spiro atoms. The van der Waals surface area contributed by atoms with Crippen molar-refractivity contribution in [2.24, 2.45) is 5.92 Å². The molecule has 1 aromatic rings. The third-order valence-corrected chi connectivity index (χ3v) is 3.59. The van der Waals surface area contributed by atoms with Gasteiger partial charge in [0.25, 0.3) is 0 Å². The highest BCUT2D eigenvalue weighted by atomic mass is 16.2. The van der Waals surface area contributed by atoms with Gasteiger partial charge in [0, 0.05) is 26.2 Å². The summed E-state index contributed by atoms with van der Waals surface area (Å²) in [6.45, 7) is 3.05. The van der Waals surface area contributed by atoms with Crippen LogP contribution in [0.4, 0.5) is 0 Å². The lowest BCUT2D eigenvalue weighted by Crippen LogP contribution is -2.38. The van der Waals surface area contributed by atoms with Crippen LogP contribution in [0.25, 0.3) is 0 Å². The van der Waals surface area contributed by atoms with Gasteiger partial charge in [0.05, 0.1) is 11.6 Å². The molecule has 5 nitrogen and oxygen atoms in total. The van der Waals surface area contributed by atoms with Crippen molar-refractivity contribution in [1.29, 1.82) is 0 Å². The maximum Gasteiger partial charge on any atom is 0.219 e. The molecule has 1 aliphatic rings. The molecule has 0 aliphatic carbocycles. The molecular weight excluding hydrogens is 230 g/mol. The van der Waals surface area contributed by atoms with Crippen LogP contribution in [-0.4, -0.2) is 40.2 Å². The van der Waals surface area contributed by atoms with E-state index in [1.165, 1.54) is 6.33 Å².